The van der Waals surface area contributed by atoms with Gasteiger partial charge in [-0.3, -0.25) is 19.4 Å². The van der Waals surface area contributed by atoms with Crippen LogP contribution in [0.3, 0.4) is 0 Å². The molecule has 1 fully saturated rings. The average molecular weight is 328 g/mol. The Hall–Kier alpha value is -2.14. The Bertz CT molecular complexity index is 765. The number of furan rings is 1. The van der Waals surface area contributed by atoms with Gasteiger partial charge in [-0.1, -0.05) is 31.5 Å². The van der Waals surface area contributed by atoms with E-state index in [1.807, 2.05) is 30.1 Å². The largest absolute Gasteiger partial charge is 0.461 e. The fraction of sp³-hybridized carbons (Fsp3) is 0.474. The summed E-state index contributed by atoms with van der Waals surface area (Å²) in [6.45, 7) is 2.76. The van der Waals surface area contributed by atoms with E-state index in [0.717, 1.165) is 41.6 Å². The zero-order chi connectivity index (χ0) is 17.3. The van der Waals surface area contributed by atoms with Crippen LogP contribution in [0.2, 0.25) is 0 Å². The second-order valence-corrected chi connectivity index (χ2v) is 6.53. The summed E-state index contributed by atoms with van der Waals surface area (Å²) in [5, 5.41) is 1.10. The monoisotopic (exact) mass is 328 g/mol. The van der Waals surface area contributed by atoms with Crippen molar-refractivity contribution in [3.63, 3.8) is 0 Å². The van der Waals surface area contributed by atoms with Crippen LogP contribution in [-0.2, 0) is 22.6 Å². The fourth-order valence-corrected chi connectivity index (χ4v) is 3.30. The molecule has 1 aliphatic rings. The minimum absolute atomic E-state index is 0.111. The predicted molar refractivity (Wildman–Crippen MR) is 92.5 cm³/mol. The molecule has 0 bridgehead atoms. The number of hydrogen-bond acceptors (Lipinski definition) is 4. The topological polar surface area (TPSA) is 53.8 Å². The summed E-state index contributed by atoms with van der Waals surface area (Å²) in [5.74, 6) is 0.764. The molecular weight excluding hydrogens is 304 g/mol. The number of fused-ring (bicyclic) bond motifs is 1. The maximum absolute atomic E-state index is 12.2. The average Bonchev–Trinajstić information content (AvgIpc) is 3.05. The number of amides is 2. The highest BCUT2D eigenvalue weighted by Gasteiger charge is 2.38. The van der Waals surface area contributed by atoms with Crippen molar-refractivity contribution >= 4 is 22.8 Å². The zero-order valence-electron chi connectivity index (χ0n) is 14.5. The molecule has 1 atom stereocenters. The van der Waals surface area contributed by atoms with E-state index < -0.39 is 0 Å². The molecule has 128 valence electrons. The van der Waals surface area contributed by atoms with Crippen LogP contribution in [0.4, 0.5) is 0 Å². The van der Waals surface area contributed by atoms with Crippen molar-refractivity contribution < 1.29 is 14.0 Å². The summed E-state index contributed by atoms with van der Waals surface area (Å²) in [7, 11) is 3.46. The number of nitrogens with zero attached hydrogens (tertiary/aromatic N) is 2. The Kier molecular flexibility index (Phi) is 4.71. The first-order valence-electron chi connectivity index (χ1n) is 8.52. The molecule has 1 aromatic carbocycles. The van der Waals surface area contributed by atoms with E-state index in [0.29, 0.717) is 6.54 Å². The van der Waals surface area contributed by atoms with Gasteiger partial charge in [-0.05, 0) is 19.5 Å². The highest BCUT2D eigenvalue weighted by Crippen LogP contribution is 2.29. The lowest BCUT2D eigenvalue weighted by atomic mass is 10.1. The fourth-order valence-electron chi connectivity index (χ4n) is 3.30. The van der Waals surface area contributed by atoms with Gasteiger partial charge in [-0.2, -0.15) is 0 Å². The second kappa shape index (κ2) is 6.77. The lowest BCUT2D eigenvalue weighted by Gasteiger charge is -2.22. The Morgan fingerprint density at radius 1 is 1.29 bits per heavy atom. The van der Waals surface area contributed by atoms with Crippen LogP contribution in [0.1, 0.15) is 37.5 Å². The van der Waals surface area contributed by atoms with Crippen LogP contribution >= 0.6 is 0 Å². The first kappa shape index (κ1) is 16.7. The molecule has 1 unspecified atom stereocenters. The van der Waals surface area contributed by atoms with Gasteiger partial charge in [0.25, 0.3) is 0 Å². The van der Waals surface area contributed by atoms with E-state index in [1.165, 1.54) is 4.90 Å². The van der Waals surface area contributed by atoms with Gasteiger partial charge in [-0.25, -0.2) is 0 Å². The molecule has 2 heterocycles. The van der Waals surface area contributed by atoms with Crippen LogP contribution in [0, 0.1) is 0 Å². The summed E-state index contributed by atoms with van der Waals surface area (Å²) in [5.41, 5.74) is 2.02. The molecular formula is C19H24N2O3. The van der Waals surface area contributed by atoms with E-state index in [4.69, 9.17) is 4.42 Å². The lowest BCUT2D eigenvalue weighted by molar-refractivity contribution is -0.137. The normalized spacial score (nSPS) is 18.3. The number of rotatable bonds is 6. The van der Waals surface area contributed by atoms with Crippen LogP contribution in [-0.4, -0.2) is 41.8 Å². The molecule has 2 aromatic rings. The number of carbonyl (C=O) groups excluding carboxylic acids is 2. The van der Waals surface area contributed by atoms with Crippen molar-refractivity contribution in [3.8, 4) is 0 Å². The number of carbonyl (C=O) groups is 2. The van der Waals surface area contributed by atoms with Gasteiger partial charge < -0.3 is 4.42 Å². The third kappa shape index (κ3) is 2.96. The van der Waals surface area contributed by atoms with E-state index in [-0.39, 0.29) is 24.3 Å². The number of hydrogen-bond donors (Lipinski definition) is 0. The Labute approximate surface area is 142 Å². The van der Waals surface area contributed by atoms with Crippen LogP contribution < -0.4 is 0 Å². The standard InChI is InChI=1S/C19H24N2O3/c1-4-5-9-17-14(13-8-6-7-10-16(13)24-17)12-20(2)15-11-18(22)21(3)19(15)23/h6-8,10,15H,4-5,9,11-12H2,1-3H3. The number of para-hydroxylation sites is 1. The number of unbranched alkanes of at least 4 members (excludes halogenated alkanes) is 1. The van der Waals surface area contributed by atoms with Crippen molar-refractivity contribution in [1.29, 1.82) is 0 Å². The van der Waals surface area contributed by atoms with Crippen LogP contribution in [0.5, 0.6) is 0 Å². The van der Waals surface area contributed by atoms with Gasteiger partial charge in [0, 0.05) is 31.0 Å². The van der Waals surface area contributed by atoms with Gasteiger partial charge in [-0.15, -0.1) is 0 Å². The van der Waals surface area contributed by atoms with Crippen molar-refractivity contribution in [2.75, 3.05) is 14.1 Å². The highest BCUT2D eigenvalue weighted by molar-refractivity contribution is 6.05. The predicted octanol–water partition coefficient (Wildman–Crippen LogP) is 2.96. The third-order valence-electron chi connectivity index (χ3n) is 4.84. The van der Waals surface area contributed by atoms with Gasteiger partial charge in [0.2, 0.25) is 11.8 Å². The Morgan fingerprint density at radius 3 is 2.71 bits per heavy atom. The highest BCUT2D eigenvalue weighted by atomic mass is 16.3. The van der Waals surface area contributed by atoms with Gasteiger partial charge in [0.15, 0.2) is 0 Å². The van der Waals surface area contributed by atoms with E-state index >= 15 is 0 Å². The van der Waals surface area contributed by atoms with Crippen molar-refractivity contribution in [3.05, 3.63) is 35.6 Å². The van der Waals surface area contributed by atoms with E-state index in [2.05, 4.69) is 13.0 Å². The van der Waals surface area contributed by atoms with Crippen molar-refractivity contribution in [2.24, 2.45) is 0 Å². The third-order valence-corrected chi connectivity index (χ3v) is 4.84. The molecule has 3 rings (SSSR count). The maximum atomic E-state index is 12.2. The molecule has 2 amide bonds. The SMILES string of the molecule is CCCCc1oc2ccccc2c1CN(C)C1CC(=O)N(C)C1=O. The van der Waals surface area contributed by atoms with Gasteiger partial charge in [0.05, 0.1) is 12.5 Å². The van der Waals surface area contributed by atoms with Crippen molar-refractivity contribution in [2.45, 2.75) is 45.2 Å². The molecule has 0 radical (unpaired) electrons. The quantitative estimate of drug-likeness (QED) is 0.765. The molecule has 0 saturated carbocycles. The molecule has 24 heavy (non-hydrogen) atoms. The first-order valence-corrected chi connectivity index (χ1v) is 8.52. The number of likely N-dealkylation sites (tertiary alicyclic amines) is 1. The van der Waals surface area contributed by atoms with Gasteiger partial charge >= 0.3 is 0 Å². The Morgan fingerprint density at radius 2 is 2.04 bits per heavy atom. The second-order valence-electron chi connectivity index (χ2n) is 6.53. The van der Waals surface area contributed by atoms with E-state index in [9.17, 15) is 9.59 Å². The first-order chi connectivity index (χ1) is 11.5. The van der Waals surface area contributed by atoms with E-state index in [1.54, 1.807) is 7.05 Å². The molecule has 0 aliphatic carbocycles. The molecule has 5 nitrogen and oxygen atoms in total. The van der Waals surface area contributed by atoms with Gasteiger partial charge in [0.1, 0.15) is 11.3 Å². The molecule has 1 aliphatic heterocycles. The minimum Gasteiger partial charge on any atom is -0.461 e. The summed E-state index contributed by atoms with van der Waals surface area (Å²) in [6, 6.07) is 7.63. The minimum atomic E-state index is -0.379. The summed E-state index contributed by atoms with van der Waals surface area (Å²) < 4.78 is 6.04. The molecule has 0 N–H and O–H groups in total. The number of benzene rings is 1. The number of likely N-dealkylation sites (N-methyl/N-ethyl adjacent to an activating group) is 2. The number of aryl methyl sites for hydroxylation is 1. The molecule has 1 saturated heterocycles. The van der Waals surface area contributed by atoms with Crippen molar-refractivity contribution in [1.82, 2.24) is 9.80 Å². The molecule has 0 spiro atoms. The summed E-state index contributed by atoms with van der Waals surface area (Å²) >= 11 is 0. The molecule has 5 heteroatoms. The van der Waals surface area contributed by atoms with Crippen LogP contribution in [0.15, 0.2) is 28.7 Å². The Balaban J connectivity index is 1.88. The zero-order valence-corrected chi connectivity index (χ0v) is 14.5. The number of imide groups is 1. The molecule has 1 aromatic heterocycles. The van der Waals surface area contributed by atoms with Crippen LogP contribution in [0.25, 0.3) is 11.0 Å². The summed E-state index contributed by atoms with van der Waals surface area (Å²) in [4.78, 5) is 27.2. The maximum Gasteiger partial charge on any atom is 0.246 e. The lowest BCUT2D eigenvalue weighted by Crippen LogP contribution is -2.38. The summed E-state index contributed by atoms with van der Waals surface area (Å²) in [6.07, 6.45) is 3.32. The smallest absolute Gasteiger partial charge is 0.246 e.